The van der Waals surface area contributed by atoms with Gasteiger partial charge in [0, 0.05) is 5.39 Å². The van der Waals surface area contributed by atoms with Gasteiger partial charge in [0.2, 0.25) is 0 Å². The Morgan fingerprint density at radius 1 is 0.810 bits per heavy atom. The van der Waals surface area contributed by atoms with E-state index >= 15 is 0 Å². The molecule has 13 heteroatoms. The first-order valence-corrected chi connectivity index (χ1v) is 9.12. The van der Waals surface area contributed by atoms with Gasteiger partial charge in [0.1, 0.15) is 14.7 Å². The largest absolute Gasteiger partial charge is 0.463 e. The highest BCUT2D eigenvalue weighted by atomic mass is 32.2. The van der Waals surface area contributed by atoms with Gasteiger partial charge in [0.05, 0.1) is 6.26 Å². The van der Waals surface area contributed by atoms with E-state index in [9.17, 15) is 25.3 Å². The van der Waals surface area contributed by atoms with Crippen molar-refractivity contribution in [2.75, 3.05) is 0 Å². The van der Waals surface area contributed by atoms with Gasteiger partial charge >= 0.3 is 0 Å². The third kappa shape index (κ3) is 2.78. The van der Waals surface area contributed by atoms with Gasteiger partial charge in [0.15, 0.2) is 5.58 Å². The van der Waals surface area contributed by atoms with Crippen LogP contribution in [-0.2, 0) is 30.4 Å². The fourth-order valence-corrected chi connectivity index (χ4v) is 4.44. The molecule has 0 saturated carbocycles. The number of fused-ring (bicyclic) bond motifs is 1. The highest BCUT2D eigenvalue weighted by Gasteiger charge is 2.32. The molecule has 1 aromatic carbocycles. The molecule has 0 bridgehead atoms. The van der Waals surface area contributed by atoms with Gasteiger partial charge in [-0.3, -0.25) is 13.7 Å². The molecule has 2 rings (SSSR count). The zero-order valence-electron chi connectivity index (χ0n) is 9.66. The van der Waals surface area contributed by atoms with Crippen LogP contribution in [0.15, 0.2) is 37.5 Å². The Balaban J connectivity index is 3.22. The maximum absolute atomic E-state index is 11.3. The maximum Gasteiger partial charge on any atom is 0.298 e. The zero-order valence-corrected chi connectivity index (χ0v) is 12.1. The summed E-state index contributed by atoms with van der Waals surface area (Å²) in [4.78, 5) is -3.75. The zero-order chi connectivity index (χ0) is 16.2. The molecule has 0 amide bonds. The van der Waals surface area contributed by atoms with Crippen molar-refractivity contribution in [1.82, 2.24) is 0 Å². The molecule has 0 spiro atoms. The van der Waals surface area contributed by atoms with Crippen LogP contribution in [0.2, 0.25) is 0 Å². The normalized spacial score (nSPS) is 13.7. The lowest BCUT2D eigenvalue weighted by atomic mass is 10.2. The molecule has 0 radical (unpaired) electrons. The number of hydrogen-bond acceptors (Lipinski definition) is 7. The number of furan rings is 1. The second-order valence-electron chi connectivity index (χ2n) is 3.79. The first-order valence-electron chi connectivity index (χ1n) is 4.80. The van der Waals surface area contributed by atoms with Crippen molar-refractivity contribution < 1.29 is 43.3 Å². The Bertz CT molecular complexity index is 1040. The van der Waals surface area contributed by atoms with Gasteiger partial charge in [-0.2, -0.15) is 25.3 Å². The van der Waals surface area contributed by atoms with Crippen LogP contribution >= 0.6 is 0 Å². The summed E-state index contributed by atoms with van der Waals surface area (Å²) in [5, 5.41) is -0.639. The van der Waals surface area contributed by atoms with Crippen LogP contribution < -0.4 is 0 Å². The Kier molecular flexibility index (Phi) is 3.39. The highest BCUT2D eigenvalue weighted by Crippen LogP contribution is 2.35. The Morgan fingerprint density at radius 3 is 1.76 bits per heavy atom. The Hall–Kier alpha value is -1.51. The van der Waals surface area contributed by atoms with Gasteiger partial charge in [-0.25, -0.2) is 0 Å². The molecule has 0 fully saturated rings. The van der Waals surface area contributed by atoms with E-state index in [0.29, 0.717) is 0 Å². The van der Waals surface area contributed by atoms with Crippen molar-refractivity contribution in [3.05, 3.63) is 18.4 Å². The molecule has 116 valence electrons. The lowest BCUT2D eigenvalue weighted by Gasteiger charge is -2.08. The SMILES string of the molecule is O=S(=O)(O)c1cc(S(=O)(=O)O)c2occc2c1S(=O)(=O)O. The fraction of sp³-hybridized carbons (Fsp3) is 0. The molecule has 21 heavy (non-hydrogen) atoms. The summed E-state index contributed by atoms with van der Waals surface area (Å²) in [6.45, 7) is 0. The smallest absolute Gasteiger partial charge is 0.298 e. The van der Waals surface area contributed by atoms with Gasteiger partial charge in [-0.05, 0) is 12.1 Å². The Morgan fingerprint density at radius 2 is 1.33 bits per heavy atom. The molecule has 10 nitrogen and oxygen atoms in total. The third-order valence-corrected chi connectivity index (χ3v) is 5.26. The molecule has 1 heterocycles. The standard InChI is InChI=1S/C8H6O10S3/c9-19(10,11)5-3-6(20(12,13)14)8(21(15,16)17)4-1-2-18-7(4)5/h1-3H,(H,9,10,11)(H,12,13,14)(H,15,16,17). The molecule has 0 saturated heterocycles. The van der Waals surface area contributed by atoms with Crippen LogP contribution in [0.1, 0.15) is 0 Å². The second kappa shape index (κ2) is 4.49. The second-order valence-corrected chi connectivity index (χ2v) is 7.93. The van der Waals surface area contributed by atoms with E-state index in [1.54, 1.807) is 0 Å². The van der Waals surface area contributed by atoms with Crippen molar-refractivity contribution in [3.63, 3.8) is 0 Å². The molecule has 0 aliphatic heterocycles. The monoisotopic (exact) mass is 358 g/mol. The number of benzene rings is 1. The average Bonchev–Trinajstić information content (AvgIpc) is 2.70. The molecule has 0 aliphatic carbocycles. The summed E-state index contributed by atoms with van der Waals surface area (Å²) in [5.41, 5.74) is -0.697. The van der Waals surface area contributed by atoms with Crippen LogP contribution in [0.4, 0.5) is 0 Å². The topological polar surface area (TPSA) is 176 Å². The molecular weight excluding hydrogens is 352 g/mol. The quantitative estimate of drug-likeness (QED) is 0.641. The molecule has 0 aliphatic rings. The van der Waals surface area contributed by atoms with Crippen molar-refractivity contribution in [1.29, 1.82) is 0 Å². The summed E-state index contributed by atoms with van der Waals surface area (Å²) < 4.78 is 99.2. The van der Waals surface area contributed by atoms with E-state index < -0.39 is 56.0 Å². The van der Waals surface area contributed by atoms with E-state index in [2.05, 4.69) is 4.42 Å². The maximum atomic E-state index is 11.3. The predicted octanol–water partition coefficient (Wildman–Crippen LogP) is 0.173. The first kappa shape index (κ1) is 15.9. The van der Waals surface area contributed by atoms with Crippen molar-refractivity contribution in [2.45, 2.75) is 14.7 Å². The minimum Gasteiger partial charge on any atom is -0.463 e. The van der Waals surface area contributed by atoms with Crippen molar-refractivity contribution in [3.8, 4) is 0 Å². The molecule has 0 atom stereocenters. The van der Waals surface area contributed by atoms with Crippen molar-refractivity contribution >= 4 is 41.3 Å². The fourth-order valence-electron chi connectivity index (χ4n) is 1.71. The van der Waals surface area contributed by atoms with Gasteiger partial charge < -0.3 is 4.42 Å². The van der Waals surface area contributed by atoms with E-state index in [0.717, 1.165) is 12.3 Å². The van der Waals surface area contributed by atoms with Crippen molar-refractivity contribution in [2.24, 2.45) is 0 Å². The molecular formula is C8H6O10S3. The highest BCUT2D eigenvalue weighted by molar-refractivity contribution is 7.89. The summed E-state index contributed by atoms with van der Waals surface area (Å²) >= 11 is 0. The van der Waals surface area contributed by atoms with E-state index in [-0.39, 0.29) is 6.07 Å². The minimum absolute atomic E-state index is 0.166. The minimum atomic E-state index is -5.23. The van der Waals surface area contributed by atoms with E-state index in [1.807, 2.05) is 0 Å². The van der Waals surface area contributed by atoms with Gasteiger partial charge in [0.25, 0.3) is 30.4 Å². The van der Waals surface area contributed by atoms with Crippen LogP contribution in [0.3, 0.4) is 0 Å². The van der Waals surface area contributed by atoms with Gasteiger partial charge in [-0.1, -0.05) is 0 Å². The van der Waals surface area contributed by atoms with Crippen LogP contribution in [0, 0.1) is 0 Å². The molecule has 2 aromatic rings. The van der Waals surface area contributed by atoms with E-state index in [4.69, 9.17) is 13.7 Å². The summed E-state index contributed by atoms with van der Waals surface area (Å²) in [6, 6.07) is 1.02. The Labute approximate surface area is 118 Å². The average molecular weight is 358 g/mol. The third-order valence-electron chi connectivity index (χ3n) is 2.43. The summed E-state index contributed by atoms with van der Waals surface area (Å²) in [5.74, 6) is 0. The van der Waals surface area contributed by atoms with E-state index in [1.165, 1.54) is 0 Å². The predicted molar refractivity (Wildman–Crippen MR) is 65.7 cm³/mol. The first-order chi connectivity index (χ1) is 9.33. The number of rotatable bonds is 3. The van der Waals surface area contributed by atoms with Crippen LogP contribution in [0.25, 0.3) is 11.0 Å². The lowest BCUT2D eigenvalue weighted by molar-refractivity contribution is 0.465. The van der Waals surface area contributed by atoms with Gasteiger partial charge in [-0.15, -0.1) is 0 Å². The summed E-state index contributed by atoms with van der Waals surface area (Å²) in [7, 11) is -15.4. The lowest BCUT2D eigenvalue weighted by Crippen LogP contribution is -2.11. The van der Waals surface area contributed by atoms with Crippen LogP contribution in [0.5, 0.6) is 0 Å². The summed E-state index contributed by atoms with van der Waals surface area (Å²) in [6.07, 6.45) is 0.807. The number of hydrogen-bond donors (Lipinski definition) is 3. The van der Waals surface area contributed by atoms with Crippen LogP contribution in [-0.4, -0.2) is 38.9 Å². The molecule has 0 unspecified atom stereocenters. The molecule has 3 N–H and O–H groups in total. The molecule has 1 aromatic heterocycles.